The van der Waals surface area contributed by atoms with Gasteiger partial charge in [0.05, 0.1) is 0 Å². The summed E-state index contributed by atoms with van der Waals surface area (Å²) in [7, 11) is 10.6. The molecule has 0 amide bonds. The molecular weight excluding hydrogens is 753 g/mol. The van der Waals surface area contributed by atoms with Crippen LogP contribution in [0.4, 0.5) is 11.4 Å². The maximum Gasteiger partial charge on any atom is 0.0443 e. The van der Waals surface area contributed by atoms with Crippen LogP contribution in [0.5, 0.6) is 0 Å². The first-order valence-corrected chi connectivity index (χ1v) is 23.0. The standard InChI is InChI=1S/C20H23N.C19H24N2.C19H21N/c1-21(2)15-7-12-20-18-10-5-3-8-16(18)13-14-17-9-4-6-11-19(17)20;1-20(2)14-7-15-21-18-10-5-3-8-16(18)12-13-17-9-4-6-11-19(17)21;1-20-14-6-11-19-17-9-4-2-7-15(17)12-13-16-8-3-5-10-18(16)19/h3-6,8-12H,7,13-15H2,1-2H3;3-6,8-11H,7,12-15H2,1-2H3;2-5,7-10,12-13,19-20H,6,11,14H2,1H3. The van der Waals surface area contributed by atoms with Gasteiger partial charge in [0.2, 0.25) is 0 Å². The van der Waals surface area contributed by atoms with Crippen molar-refractivity contribution in [1.82, 2.24) is 15.1 Å². The lowest BCUT2D eigenvalue weighted by atomic mass is 9.84. The average molecular weight is 821 g/mol. The highest BCUT2D eigenvalue weighted by molar-refractivity contribution is 5.84. The second-order valence-corrected chi connectivity index (χ2v) is 17.5. The van der Waals surface area contributed by atoms with Crippen LogP contribution < -0.4 is 10.2 Å². The SMILES string of the molecule is CN(C)CCC=C1c2ccccc2CCc2ccccc21.CN(C)CCCN1c2ccccc2CCc2ccccc21.CNCCCC1c2ccccc2C=Cc2ccccc21. The van der Waals surface area contributed by atoms with E-state index >= 15 is 0 Å². The Hall–Kier alpha value is -5.52. The normalized spacial score (nSPS) is 13.7. The Labute approximate surface area is 373 Å². The lowest BCUT2D eigenvalue weighted by molar-refractivity contribution is 0.402. The molecule has 1 N–H and O–H groups in total. The van der Waals surface area contributed by atoms with Crippen molar-refractivity contribution in [2.24, 2.45) is 0 Å². The molecule has 4 nitrogen and oxygen atoms in total. The third-order valence-electron chi connectivity index (χ3n) is 12.5. The Morgan fingerprint density at radius 1 is 0.532 bits per heavy atom. The lowest BCUT2D eigenvalue weighted by Crippen LogP contribution is -2.23. The van der Waals surface area contributed by atoms with Gasteiger partial charge in [-0.1, -0.05) is 152 Å². The predicted molar refractivity (Wildman–Crippen MR) is 268 cm³/mol. The van der Waals surface area contributed by atoms with Gasteiger partial charge in [-0.05, 0) is 173 Å². The van der Waals surface area contributed by atoms with Crippen molar-refractivity contribution >= 4 is 29.1 Å². The summed E-state index contributed by atoms with van der Waals surface area (Å²) in [5.74, 6) is 0.505. The van der Waals surface area contributed by atoms with Crippen LogP contribution in [0.1, 0.15) is 87.2 Å². The maximum atomic E-state index is 3.26. The summed E-state index contributed by atoms with van der Waals surface area (Å²) in [6, 6.07) is 53.1. The molecule has 62 heavy (non-hydrogen) atoms. The number of fused-ring (bicyclic) bond motifs is 6. The number of hydrogen-bond donors (Lipinski definition) is 1. The second kappa shape index (κ2) is 22.5. The van der Waals surface area contributed by atoms with E-state index in [4.69, 9.17) is 0 Å². The minimum atomic E-state index is 0.505. The maximum absolute atomic E-state index is 3.26. The van der Waals surface area contributed by atoms with Gasteiger partial charge in [-0.3, -0.25) is 0 Å². The highest BCUT2D eigenvalue weighted by Crippen LogP contribution is 2.38. The molecule has 1 aliphatic heterocycles. The summed E-state index contributed by atoms with van der Waals surface area (Å²) in [5, 5.41) is 3.26. The highest BCUT2D eigenvalue weighted by Gasteiger charge is 2.22. The summed E-state index contributed by atoms with van der Waals surface area (Å²) in [6.07, 6.45) is 16.1. The van der Waals surface area contributed by atoms with Crippen molar-refractivity contribution in [2.45, 2.75) is 57.3 Å². The number of aryl methyl sites for hydroxylation is 4. The van der Waals surface area contributed by atoms with E-state index in [1.165, 1.54) is 91.8 Å². The number of hydrogen-bond acceptors (Lipinski definition) is 4. The molecule has 320 valence electrons. The van der Waals surface area contributed by atoms with Gasteiger partial charge in [0.15, 0.2) is 0 Å². The Kier molecular flexibility index (Phi) is 16.2. The van der Waals surface area contributed by atoms with Gasteiger partial charge in [0.25, 0.3) is 0 Å². The topological polar surface area (TPSA) is 21.8 Å². The number of nitrogens with one attached hydrogen (secondary N) is 1. The molecule has 6 aromatic carbocycles. The summed E-state index contributed by atoms with van der Waals surface area (Å²) in [6.45, 7) is 4.37. The molecule has 0 spiro atoms. The number of para-hydroxylation sites is 2. The summed E-state index contributed by atoms with van der Waals surface area (Å²) < 4.78 is 0. The van der Waals surface area contributed by atoms with Gasteiger partial charge in [-0.15, -0.1) is 0 Å². The van der Waals surface area contributed by atoms with E-state index in [1.807, 2.05) is 7.05 Å². The van der Waals surface area contributed by atoms with Gasteiger partial charge < -0.3 is 20.0 Å². The molecule has 0 unspecified atom stereocenters. The molecule has 2 aliphatic carbocycles. The van der Waals surface area contributed by atoms with Crippen LogP contribution in [-0.4, -0.2) is 71.2 Å². The zero-order chi connectivity index (χ0) is 43.1. The summed E-state index contributed by atoms with van der Waals surface area (Å²) in [5.41, 5.74) is 18.6. The molecule has 6 aromatic rings. The van der Waals surface area contributed by atoms with Gasteiger partial charge in [-0.25, -0.2) is 0 Å². The van der Waals surface area contributed by atoms with Gasteiger partial charge in [0, 0.05) is 30.4 Å². The summed E-state index contributed by atoms with van der Waals surface area (Å²) >= 11 is 0. The molecule has 0 aromatic heterocycles. The van der Waals surface area contributed by atoms with E-state index in [1.54, 1.807) is 0 Å². The smallest absolute Gasteiger partial charge is 0.0443 e. The average Bonchev–Trinajstić information content (AvgIpc) is 3.64. The van der Waals surface area contributed by atoms with Crippen LogP contribution in [0, 0.1) is 0 Å². The van der Waals surface area contributed by atoms with E-state index in [-0.39, 0.29) is 0 Å². The molecule has 0 radical (unpaired) electrons. The fourth-order valence-electron chi connectivity index (χ4n) is 9.36. The molecule has 0 saturated heterocycles. The van der Waals surface area contributed by atoms with E-state index in [0.717, 1.165) is 58.3 Å². The van der Waals surface area contributed by atoms with Gasteiger partial charge in [-0.2, -0.15) is 0 Å². The van der Waals surface area contributed by atoms with Crippen molar-refractivity contribution in [3.8, 4) is 0 Å². The van der Waals surface area contributed by atoms with E-state index in [9.17, 15) is 0 Å². The first-order chi connectivity index (χ1) is 30.4. The zero-order valence-corrected chi connectivity index (χ0v) is 38.0. The van der Waals surface area contributed by atoms with Crippen LogP contribution in [0.15, 0.2) is 152 Å². The number of rotatable bonds is 11. The summed E-state index contributed by atoms with van der Waals surface area (Å²) in [4.78, 5) is 7.02. The highest BCUT2D eigenvalue weighted by atomic mass is 15.1. The Bertz CT molecular complexity index is 2260. The first kappa shape index (κ1) is 44.5. The van der Waals surface area contributed by atoms with Crippen molar-refractivity contribution in [1.29, 1.82) is 0 Å². The van der Waals surface area contributed by atoms with Crippen molar-refractivity contribution in [3.63, 3.8) is 0 Å². The van der Waals surface area contributed by atoms with E-state index in [2.05, 4.69) is 212 Å². The van der Waals surface area contributed by atoms with Crippen LogP contribution in [-0.2, 0) is 25.7 Å². The molecule has 4 heteroatoms. The molecule has 0 bridgehead atoms. The molecule has 1 heterocycles. The molecule has 9 rings (SSSR count). The Morgan fingerprint density at radius 2 is 0.984 bits per heavy atom. The quantitative estimate of drug-likeness (QED) is 0.131. The minimum absolute atomic E-state index is 0.505. The minimum Gasteiger partial charge on any atom is -0.341 e. The molecule has 0 fully saturated rings. The van der Waals surface area contributed by atoms with Crippen LogP contribution in [0.3, 0.4) is 0 Å². The third-order valence-corrected chi connectivity index (χ3v) is 12.5. The van der Waals surface area contributed by atoms with Crippen molar-refractivity contribution in [2.75, 3.05) is 66.3 Å². The fourth-order valence-corrected chi connectivity index (χ4v) is 9.36. The van der Waals surface area contributed by atoms with Gasteiger partial charge in [0.1, 0.15) is 0 Å². The second-order valence-electron chi connectivity index (χ2n) is 17.5. The third kappa shape index (κ3) is 11.5. The monoisotopic (exact) mass is 821 g/mol. The number of benzene rings is 6. The molecule has 0 saturated carbocycles. The predicted octanol–water partition coefficient (Wildman–Crippen LogP) is 12.3. The van der Waals surface area contributed by atoms with Crippen LogP contribution >= 0.6 is 0 Å². The Balaban J connectivity index is 0.000000140. The molecular formula is C58H68N4. The van der Waals surface area contributed by atoms with Crippen LogP contribution in [0.25, 0.3) is 17.7 Å². The van der Waals surface area contributed by atoms with Crippen LogP contribution in [0.2, 0.25) is 0 Å². The van der Waals surface area contributed by atoms with Gasteiger partial charge >= 0.3 is 0 Å². The number of nitrogens with zero attached hydrogens (tertiary/aromatic N) is 3. The largest absolute Gasteiger partial charge is 0.341 e. The number of anilines is 2. The van der Waals surface area contributed by atoms with E-state index in [0.29, 0.717) is 5.92 Å². The Morgan fingerprint density at radius 3 is 1.50 bits per heavy atom. The van der Waals surface area contributed by atoms with E-state index < -0.39 is 0 Å². The van der Waals surface area contributed by atoms with Crippen molar-refractivity contribution < 1.29 is 0 Å². The van der Waals surface area contributed by atoms with Crippen molar-refractivity contribution in [3.05, 3.63) is 207 Å². The first-order valence-electron chi connectivity index (χ1n) is 23.0. The lowest BCUT2D eigenvalue weighted by Gasteiger charge is -2.27. The zero-order valence-electron chi connectivity index (χ0n) is 38.0. The molecule has 0 atom stereocenters. The fraction of sp³-hybridized carbons (Fsp3) is 0.310. The molecule has 3 aliphatic rings.